The normalized spacial score (nSPS) is 21.7. The molecule has 3 rings (SSSR count). The van der Waals surface area contributed by atoms with E-state index in [2.05, 4.69) is 5.32 Å². The zero-order valence-electron chi connectivity index (χ0n) is 11.3. The second-order valence-electron chi connectivity index (χ2n) is 5.35. The molecule has 0 amide bonds. The van der Waals surface area contributed by atoms with Gasteiger partial charge in [0.1, 0.15) is 11.9 Å². The molecule has 0 saturated carbocycles. The Morgan fingerprint density at radius 3 is 3.05 bits per heavy atom. The average molecular weight is 293 g/mol. The Kier molecular flexibility index (Phi) is 3.34. The van der Waals surface area contributed by atoms with Crippen LogP contribution in [-0.4, -0.2) is 24.2 Å². The van der Waals surface area contributed by atoms with Crippen LogP contribution in [0.4, 0.5) is 5.69 Å². The van der Waals surface area contributed by atoms with E-state index in [-0.39, 0.29) is 0 Å². The van der Waals surface area contributed by atoms with Gasteiger partial charge in [-0.25, -0.2) is 4.79 Å². The van der Waals surface area contributed by atoms with Crippen molar-refractivity contribution in [2.24, 2.45) is 0 Å². The Labute approximate surface area is 123 Å². The summed E-state index contributed by atoms with van der Waals surface area (Å²) >= 11 is 6.29. The van der Waals surface area contributed by atoms with Crippen molar-refractivity contribution in [1.82, 2.24) is 5.32 Å². The third-order valence-corrected chi connectivity index (χ3v) is 4.45. The second-order valence-corrected chi connectivity index (χ2v) is 5.76. The highest BCUT2D eigenvalue weighted by Gasteiger charge is 2.30. The summed E-state index contributed by atoms with van der Waals surface area (Å²) in [5.74, 6) is 0.147. The molecule has 0 spiro atoms. The number of carbonyl (C=O) groups is 1. The molecule has 0 fully saturated rings. The number of hydrogen-bond donors (Lipinski definition) is 2. The Balaban J connectivity index is 2.00. The summed E-state index contributed by atoms with van der Waals surface area (Å²) in [5.41, 5.74) is 3.43. The van der Waals surface area contributed by atoms with Gasteiger partial charge in [0.25, 0.3) is 0 Å². The molecule has 106 valence electrons. The second kappa shape index (κ2) is 5.02. The van der Waals surface area contributed by atoms with E-state index in [4.69, 9.17) is 11.6 Å². The third-order valence-electron chi connectivity index (χ3n) is 4.10. The van der Waals surface area contributed by atoms with Gasteiger partial charge in [-0.2, -0.15) is 0 Å². The minimum Gasteiger partial charge on any atom is -0.480 e. The van der Waals surface area contributed by atoms with Gasteiger partial charge in [-0.1, -0.05) is 17.7 Å². The van der Waals surface area contributed by atoms with E-state index in [9.17, 15) is 9.90 Å². The van der Waals surface area contributed by atoms with Crippen molar-refractivity contribution in [2.45, 2.75) is 31.7 Å². The summed E-state index contributed by atoms with van der Waals surface area (Å²) < 4.78 is 0. The highest BCUT2D eigenvalue weighted by atomic mass is 35.5. The molecule has 20 heavy (non-hydrogen) atoms. The number of anilines is 1. The van der Waals surface area contributed by atoms with Gasteiger partial charge in [-0.3, -0.25) is 0 Å². The molecular weight excluding hydrogens is 276 g/mol. The largest absolute Gasteiger partial charge is 0.480 e. The third kappa shape index (κ3) is 2.14. The fourth-order valence-electron chi connectivity index (χ4n) is 3.04. The van der Waals surface area contributed by atoms with Crippen LogP contribution in [0, 0.1) is 0 Å². The van der Waals surface area contributed by atoms with Gasteiger partial charge in [0.15, 0.2) is 0 Å². The topological polar surface area (TPSA) is 52.6 Å². The molecule has 0 radical (unpaired) electrons. The molecule has 0 saturated heterocycles. The molecular formula is C15H17ClN2O2. The zero-order valence-corrected chi connectivity index (χ0v) is 12.1. The van der Waals surface area contributed by atoms with E-state index in [1.165, 1.54) is 5.57 Å². The zero-order chi connectivity index (χ0) is 14.3. The van der Waals surface area contributed by atoms with Crippen molar-refractivity contribution in [3.63, 3.8) is 0 Å². The first kappa shape index (κ1) is 13.3. The maximum atomic E-state index is 11.3. The number of fused-ring (bicyclic) bond motifs is 1. The number of allylic oxidation sites excluding steroid dienone is 1. The fraction of sp³-hybridized carbons (Fsp3) is 0.400. The van der Waals surface area contributed by atoms with Gasteiger partial charge in [0.05, 0.1) is 0 Å². The van der Waals surface area contributed by atoms with Crippen LogP contribution in [0.2, 0.25) is 5.02 Å². The summed E-state index contributed by atoms with van der Waals surface area (Å²) in [6.45, 7) is 0. The predicted octanol–water partition coefficient (Wildman–Crippen LogP) is 2.77. The summed E-state index contributed by atoms with van der Waals surface area (Å²) in [7, 11) is 1.96. The Morgan fingerprint density at radius 2 is 2.30 bits per heavy atom. The number of rotatable bonds is 1. The van der Waals surface area contributed by atoms with Crippen LogP contribution >= 0.6 is 11.6 Å². The maximum absolute atomic E-state index is 11.3. The fourth-order valence-corrected chi connectivity index (χ4v) is 3.28. The number of nitrogens with zero attached hydrogens (tertiary/aromatic N) is 1. The SMILES string of the molecule is CN1C2=C(CCCC(C(=O)O)N2)Cc2c(Cl)cccc21. The molecule has 2 N–H and O–H groups in total. The van der Waals surface area contributed by atoms with Gasteiger partial charge in [0, 0.05) is 24.2 Å². The lowest BCUT2D eigenvalue weighted by molar-refractivity contribution is -0.139. The Morgan fingerprint density at radius 1 is 1.50 bits per heavy atom. The van der Waals surface area contributed by atoms with Crippen molar-refractivity contribution in [1.29, 1.82) is 0 Å². The lowest BCUT2D eigenvalue weighted by Crippen LogP contribution is -2.42. The summed E-state index contributed by atoms with van der Waals surface area (Å²) in [4.78, 5) is 13.3. The minimum absolute atomic E-state index is 0.509. The molecule has 2 aliphatic rings. The standard InChI is InChI=1S/C15H17ClN2O2/c1-18-13-7-3-5-11(16)10(13)8-9-4-2-6-12(15(19)20)17-14(9)18/h3,5,7,12,17H,2,4,6,8H2,1H3,(H,19,20). The molecule has 0 bridgehead atoms. The number of carboxylic acid groups (broad SMARTS) is 1. The predicted molar refractivity (Wildman–Crippen MR) is 79.0 cm³/mol. The summed E-state index contributed by atoms with van der Waals surface area (Å²) in [6, 6.07) is 5.34. The number of benzene rings is 1. The smallest absolute Gasteiger partial charge is 0.326 e. The van der Waals surface area contributed by atoms with Gasteiger partial charge in [-0.15, -0.1) is 0 Å². The number of aliphatic carboxylic acids is 1. The van der Waals surface area contributed by atoms with Crippen LogP contribution in [0.1, 0.15) is 24.8 Å². The van der Waals surface area contributed by atoms with E-state index >= 15 is 0 Å². The molecule has 0 aromatic heterocycles. The van der Waals surface area contributed by atoms with E-state index in [1.54, 1.807) is 0 Å². The molecule has 0 aliphatic carbocycles. The van der Waals surface area contributed by atoms with Crippen molar-refractivity contribution in [3.05, 3.63) is 40.2 Å². The summed E-state index contributed by atoms with van der Waals surface area (Å²) in [6.07, 6.45) is 3.26. The summed E-state index contributed by atoms with van der Waals surface area (Å²) in [5, 5.41) is 13.2. The molecule has 1 unspecified atom stereocenters. The Hall–Kier alpha value is -1.68. The first-order valence-electron chi connectivity index (χ1n) is 6.80. The monoisotopic (exact) mass is 292 g/mol. The van der Waals surface area contributed by atoms with Gasteiger partial charge < -0.3 is 15.3 Å². The van der Waals surface area contributed by atoms with Gasteiger partial charge in [0.2, 0.25) is 0 Å². The van der Waals surface area contributed by atoms with Crippen LogP contribution < -0.4 is 10.2 Å². The van der Waals surface area contributed by atoms with Crippen LogP contribution in [-0.2, 0) is 11.2 Å². The van der Waals surface area contributed by atoms with Crippen LogP contribution in [0.15, 0.2) is 29.6 Å². The van der Waals surface area contributed by atoms with Crippen LogP contribution in [0.25, 0.3) is 0 Å². The highest BCUT2D eigenvalue weighted by molar-refractivity contribution is 6.31. The Bertz CT molecular complexity index is 598. The first-order chi connectivity index (χ1) is 9.58. The van der Waals surface area contributed by atoms with Crippen LogP contribution in [0.3, 0.4) is 0 Å². The average Bonchev–Trinajstić information content (AvgIpc) is 2.63. The molecule has 1 aromatic carbocycles. The number of nitrogens with one attached hydrogen (secondary N) is 1. The molecule has 1 aromatic rings. The van der Waals surface area contributed by atoms with E-state index in [0.717, 1.165) is 41.4 Å². The first-order valence-corrected chi connectivity index (χ1v) is 7.18. The minimum atomic E-state index is -0.788. The molecule has 2 heterocycles. The quantitative estimate of drug-likeness (QED) is 0.836. The van der Waals surface area contributed by atoms with Gasteiger partial charge >= 0.3 is 5.97 Å². The van der Waals surface area contributed by atoms with Crippen molar-refractivity contribution in [2.75, 3.05) is 11.9 Å². The van der Waals surface area contributed by atoms with E-state index < -0.39 is 12.0 Å². The van der Waals surface area contributed by atoms with Crippen LogP contribution in [0.5, 0.6) is 0 Å². The van der Waals surface area contributed by atoms with Crippen molar-refractivity contribution in [3.8, 4) is 0 Å². The van der Waals surface area contributed by atoms with Gasteiger partial charge in [-0.05, 0) is 42.5 Å². The lowest BCUT2D eigenvalue weighted by atomic mass is 9.95. The highest BCUT2D eigenvalue weighted by Crippen LogP contribution is 2.38. The maximum Gasteiger partial charge on any atom is 0.326 e. The molecule has 4 nitrogen and oxygen atoms in total. The number of halogens is 1. The lowest BCUT2D eigenvalue weighted by Gasteiger charge is -2.33. The molecule has 2 aliphatic heterocycles. The van der Waals surface area contributed by atoms with Crippen molar-refractivity contribution >= 4 is 23.3 Å². The van der Waals surface area contributed by atoms with E-state index in [1.807, 2.05) is 30.1 Å². The number of carboxylic acids is 1. The molecule has 5 heteroatoms. The van der Waals surface area contributed by atoms with E-state index in [0.29, 0.717) is 6.42 Å². The number of hydrogen-bond acceptors (Lipinski definition) is 3. The van der Waals surface area contributed by atoms with Crippen molar-refractivity contribution < 1.29 is 9.90 Å². The molecule has 1 atom stereocenters.